The minimum Gasteiger partial charge on any atom is -0.360 e. The van der Waals surface area contributed by atoms with Crippen molar-refractivity contribution < 1.29 is 0 Å². The van der Waals surface area contributed by atoms with E-state index in [-0.39, 0.29) is 0 Å². The highest BCUT2D eigenvalue weighted by Crippen LogP contribution is 2.25. The van der Waals surface area contributed by atoms with Gasteiger partial charge >= 0.3 is 0 Å². The minimum absolute atomic E-state index is 0.794. The van der Waals surface area contributed by atoms with Gasteiger partial charge in [0.05, 0.1) is 28.1 Å². The van der Waals surface area contributed by atoms with Gasteiger partial charge in [-0.1, -0.05) is 0 Å². The normalized spacial score (nSPS) is 11.5. The zero-order valence-corrected chi connectivity index (χ0v) is 8.75. The Hall–Kier alpha value is -2.56. The first-order valence-corrected chi connectivity index (χ1v) is 5.26. The lowest BCUT2D eigenvalue weighted by atomic mass is 10.2. The fourth-order valence-corrected chi connectivity index (χ4v) is 2.11. The summed E-state index contributed by atoms with van der Waals surface area (Å²) in [5, 5.41) is 10.2. The third-order valence-corrected chi connectivity index (χ3v) is 2.89. The monoisotopic (exact) mass is 221 g/mol. The highest BCUT2D eigenvalue weighted by atomic mass is 15.1. The minimum atomic E-state index is 0.794. The quantitative estimate of drug-likeness (QED) is 0.493. The summed E-state index contributed by atoms with van der Waals surface area (Å²) in [5.74, 6) is 0. The second-order valence-corrected chi connectivity index (χ2v) is 3.85. The van der Waals surface area contributed by atoms with Gasteiger partial charge in [0.1, 0.15) is 5.52 Å². The fraction of sp³-hybridized carbons (Fsp3) is 0. The molecule has 4 aromatic heterocycles. The van der Waals surface area contributed by atoms with Gasteiger partial charge in [0.25, 0.3) is 0 Å². The molecule has 0 spiro atoms. The smallest absolute Gasteiger partial charge is 0.116 e. The molecule has 0 fully saturated rings. The number of hydrogen-bond donors (Lipinski definition) is 1. The SMILES string of the molecule is c1cc2ncc3nnc4cc[nH]c(c2cn1)c43. The fourth-order valence-electron chi connectivity index (χ4n) is 2.11. The molecule has 4 heterocycles. The molecule has 5 heteroatoms. The van der Waals surface area contributed by atoms with E-state index in [9.17, 15) is 0 Å². The lowest BCUT2D eigenvalue weighted by molar-refractivity contribution is 1.14. The molecule has 0 aliphatic carbocycles. The summed E-state index contributed by atoms with van der Waals surface area (Å²) < 4.78 is 0. The Labute approximate surface area is 95.5 Å². The Bertz CT molecular complexity index is 844. The molecule has 0 saturated carbocycles. The molecular weight excluding hydrogens is 214 g/mol. The van der Waals surface area contributed by atoms with E-state index in [2.05, 4.69) is 25.1 Å². The van der Waals surface area contributed by atoms with Crippen LogP contribution in [0, 0.1) is 0 Å². The summed E-state index contributed by atoms with van der Waals surface area (Å²) in [6.07, 6.45) is 7.15. The van der Waals surface area contributed by atoms with Crippen molar-refractivity contribution in [3.63, 3.8) is 0 Å². The molecule has 0 aliphatic rings. The molecule has 0 saturated heterocycles. The van der Waals surface area contributed by atoms with Crippen LogP contribution in [-0.2, 0) is 0 Å². The lowest BCUT2D eigenvalue weighted by Gasteiger charge is -1.95. The summed E-state index contributed by atoms with van der Waals surface area (Å²) in [5.41, 5.74) is 3.53. The van der Waals surface area contributed by atoms with Crippen molar-refractivity contribution in [1.82, 2.24) is 25.1 Å². The van der Waals surface area contributed by atoms with Crippen LogP contribution in [0.2, 0.25) is 0 Å². The van der Waals surface area contributed by atoms with E-state index in [0.717, 1.165) is 32.8 Å². The van der Waals surface area contributed by atoms with E-state index in [1.807, 2.05) is 18.3 Å². The first-order valence-electron chi connectivity index (χ1n) is 5.26. The third kappa shape index (κ3) is 1.08. The number of hydrogen-bond acceptors (Lipinski definition) is 4. The Kier molecular flexibility index (Phi) is 1.50. The molecular formula is C12H7N5. The van der Waals surface area contributed by atoms with Gasteiger partial charge in [-0.15, -0.1) is 10.2 Å². The van der Waals surface area contributed by atoms with Crippen molar-refractivity contribution in [1.29, 1.82) is 0 Å². The zero-order valence-electron chi connectivity index (χ0n) is 8.75. The summed E-state index contributed by atoms with van der Waals surface area (Å²) >= 11 is 0. The van der Waals surface area contributed by atoms with E-state index >= 15 is 0 Å². The predicted molar refractivity (Wildman–Crippen MR) is 64.5 cm³/mol. The number of aromatic amines is 1. The highest BCUT2D eigenvalue weighted by molar-refractivity contribution is 6.13. The molecule has 0 radical (unpaired) electrons. The van der Waals surface area contributed by atoms with Crippen LogP contribution in [0.15, 0.2) is 36.9 Å². The van der Waals surface area contributed by atoms with Crippen LogP contribution in [0.4, 0.5) is 0 Å². The van der Waals surface area contributed by atoms with Crippen LogP contribution in [-0.4, -0.2) is 25.1 Å². The molecule has 0 unspecified atom stereocenters. The average molecular weight is 221 g/mol. The second kappa shape index (κ2) is 2.98. The lowest BCUT2D eigenvalue weighted by Crippen LogP contribution is -1.79. The van der Waals surface area contributed by atoms with Gasteiger partial charge in [0, 0.05) is 24.0 Å². The van der Waals surface area contributed by atoms with E-state index in [1.165, 1.54) is 0 Å². The molecule has 0 aliphatic heterocycles. The van der Waals surface area contributed by atoms with Crippen molar-refractivity contribution >= 4 is 32.8 Å². The van der Waals surface area contributed by atoms with E-state index in [1.54, 1.807) is 18.6 Å². The molecule has 4 rings (SSSR count). The molecule has 0 bridgehead atoms. The largest absolute Gasteiger partial charge is 0.360 e. The van der Waals surface area contributed by atoms with Gasteiger partial charge in [-0.05, 0) is 12.1 Å². The standard InChI is InChI=1S/C12H7N5/c1-3-13-5-7-8(1)15-6-10-11-9(16-17-10)2-4-14-12(7)11/h1-6,14H. The van der Waals surface area contributed by atoms with Crippen molar-refractivity contribution in [3.8, 4) is 0 Å². The van der Waals surface area contributed by atoms with Crippen LogP contribution < -0.4 is 0 Å². The van der Waals surface area contributed by atoms with Crippen molar-refractivity contribution in [3.05, 3.63) is 36.9 Å². The van der Waals surface area contributed by atoms with Gasteiger partial charge in [-0.3, -0.25) is 9.97 Å². The van der Waals surface area contributed by atoms with Gasteiger partial charge in [0.15, 0.2) is 0 Å². The Morgan fingerprint density at radius 3 is 2.88 bits per heavy atom. The molecule has 0 atom stereocenters. The maximum Gasteiger partial charge on any atom is 0.116 e. The summed E-state index contributed by atoms with van der Waals surface area (Å²) in [6, 6.07) is 3.79. The number of nitrogens with zero attached hydrogens (tertiary/aromatic N) is 4. The first-order chi connectivity index (χ1) is 8.43. The number of aromatic nitrogens is 5. The van der Waals surface area contributed by atoms with Crippen LogP contribution >= 0.6 is 0 Å². The van der Waals surface area contributed by atoms with Gasteiger partial charge in [-0.2, -0.15) is 0 Å². The number of rotatable bonds is 0. The number of H-pyrrole nitrogens is 1. The summed E-state index contributed by atoms with van der Waals surface area (Å²) in [6.45, 7) is 0. The van der Waals surface area contributed by atoms with Gasteiger partial charge < -0.3 is 4.98 Å². The molecule has 4 aromatic rings. The second-order valence-electron chi connectivity index (χ2n) is 3.85. The van der Waals surface area contributed by atoms with Crippen molar-refractivity contribution in [2.24, 2.45) is 0 Å². The molecule has 17 heavy (non-hydrogen) atoms. The molecule has 1 N–H and O–H groups in total. The number of nitrogens with one attached hydrogen (secondary N) is 1. The van der Waals surface area contributed by atoms with E-state index in [4.69, 9.17) is 0 Å². The Morgan fingerprint density at radius 1 is 0.941 bits per heavy atom. The zero-order chi connectivity index (χ0) is 11.2. The average Bonchev–Trinajstić information content (AvgIpc) is 2.72. The van der Waals surface area contributed by atoms with Gasteiger partial charge in [0.2, 0.25) is 0 Å². The van der Waals surface area contributed by atoms with Crippen LogP contribution in [0.1, 0.15) is 0 Å². The van der Waals surface area contributed by atoms with Crippen LogP contribution in [0.3, 0.4) is 0 Å². The Balaban J connectivity index is 2.47. The maximum atomic E-state index is 4.41. The van der Waals surface area contributed by atoms with E-state index in [0.29, 0.717) is 0 Å². The Morgan fingerprint density at radius 2 is 1.88 bits per heavy atom. The van der Waals surface area contributed by atoms with Crippen molar-refractivity contribution in [2.75, 3.05) is 0 Å². The summed E-state index contributed by atoms with van der Waals surface area (Å²) in [4.78, 5) is 11.8. The topological polar surface area (TPSA) is 67.3 Å². The predicted octanol–water partition coefficient (Wildman–Crippen LogP) is 2.05. The molecule has 0 amide bonds. The highest BCUT2D eigenvalue weighted by Gasteiger charge is 2.08. The molecule has 80 valence electrons. The van der Waals surface area contributed by atoms with Crippen LogP contribution in [0.25, 0.3) is 32.8 Å². The number of pyridine rings is 2. The van der Waals surface area contributed by atoms with Gasteiger partial charge in [-0.25, -0.2) is 0 Å². The third-order valence-electron chi connectivity index (χ3n) is 2.89. The molecule has 0 aromatic carbocycles. The number of fused-ring (bicyclic) bond motifs is 2. The van der Waals surface area contributed by atoms with E-state index < -0.39 is 0 Å². The van der Waals surface area contributed by atoms with Crippen LogP contribution in [0.5, 0.6) is 0 Å². The summed E-state index contributed by atoms with van der Waals surface area (Å²) in [7, 11) is 0. The van der Waals surface area contributed by atoms with Crippen molar-refractivity contribution in [2.45, 2.75) is 0 Å². The maximum absolute atomic E-state index is 4.41. The first kappa shape index (κ1) is 8.58. The molecule has 5 nitrogen and oxygen atoms in total.